The fourth-order valence-electron chi connectivity index (χ4n) is 1.29. The minimum absolute atomic E-state index is 0.101. The number of carboxylic acid groups (broad SMARTS) is 1. The van der Waals surface area contributed by atoms with Gasteiger partial charge in [0.25, 0.3) is 0 Å². The average molecular weight is 335 g/mol. The van der Waals surface area contributed by atoms with Crippen molar-refractivity contribution in [2.75, 3.05) is 11.9 Å². The van der Waals surface area contributed by atoms with E-state index in [1.54, 1.807) is 0 Å². The number of aliphatic hydroxyl groups excluding tert-OH is 1. The lowest BCUT2D eigenvalue weighted by atomic mass is 10.2. The maximum Gasteiger partial charge on any atom is 0.326 e. The molecule has 4 N–H and O–H groups in total. The number of halogens is 2. The molecular formula is C11H12BrFN2O4. The largest absolute Gasteiger partial charge is 0.480 e. The number of hydrogen-bond acceptors (Lipinski definition) is 3. The van der Waals surface area contributed by atoms with E-state index < -0.39 is 23.9 Å². The number of carbonyl (C=O) groups excluding carboxylic acids is 1. The first-order valence-corrected chi connectivity index (χ1v) is 6.09. The van der Waals surface area contributed by atoms with Gasteiger partial charge < -0.3 is 20.8 Å². The number of benzene rings is 1. The highest BCUT2D eigenvalue weighted by molar-refractivity contribution is 9.10. The third-order valence-corrected chi connectivity index (χ3v) is 2.81. The first-order valence-electron chi connectivity index (χ1n) is 5.30. The van der Waals surface area contributed by atoms with E-state index in [0.29, 0.717) is 5.69 Å². The first kappa shape index (κ1) is 15.4. The van der Waals surface area contributed by atoms with E-state index in [4.69, 9.17) is 10.2 Å². The van der Waals surface area contributed by atoms with Gasteiger partial charge in [0, 0.05) is 18.7 Å². The quantitative estimate of drug-likeness (QED) is 0.656. The highest BCUT2D eigenvalue weighted by atomic mass is 79.9. The number of rotatable bonds is 5. The maximum atomic E-state index is 13.0. The molecule has 0 radical (unpaired) electrons. The number of aliphatic carboxylic acids is 1. The summed E-state index contributed by atoms with van der Waals surface area (Å²) in [6, 6.07) is 1.90. The van der Waals surface area contributed by atoms with Crippen LogP contribution in [0.2, 0.25) is 0 Å². The van der Waals surface area contributed by atoms with Gasteiger partial charge in [-0.3, -0.25) is 0 Å². The van der Waals surface area contributed by atoms with E-state index in [1.807, 2.05) is 0 Å². The van der Waals surface area contributed by atoms with Crippen LogP contribution in [0.15, 0.2) is 22.7 Å². The van der Waals surface area contributed by atoms with Crippen molar-refractivity contribution < 1.29 is 24.2 Å². The molecule has 1 aromatic rings. The third kappa shape index (κ3) is 4.84. The Labute approximate surface area is 116 Å². The summed E-state index contributed by atoms with van der Waals surface area (Å²) >= 11 is 2.96. The predicted molar refractivity (Wildman–Crippen MR) is 69.4 cm³/mol. The van der Waals surface area contributed by atoms with Gasteiger partial charge in [-0.05, 0) is 34.1 Å². The molecule has 0 spiro atoms. The fourth-order valence-corrected chi connectivity index (χ4v) is 1.66. The van der Waals surface area contributed by atoms with Crippen LogP contribution in [-0.2, 0) is 4.79 Å². The van der Waals surface area contributed by atoms with Crippen molar-refractivity contribution in [2.24, 2.45) is 0 Å². The molecule has 0 aliphatic heterocycles. The second-order valence-electron chi connectivity index (χ2n) is 3.63. The van der Waals surface area contributed by atoms with Gasteiger partial charge >= 0.3 is 12.0 Å². The van der Waals surface area contributed by atoms with Gasteiger partial charge in [-0.15, -0.1) is 0 Å². The van der Waals surface area contributed by atoms with E-state index in [0.717, 1.165) is 6.07 Å². The molecule has 1 rings (SSSR count). The number of hydrogen-bond donors (Lipinski definition) is 4. The lowest BCUT2D eigenvalue weighted by Crippen LogP contribution is -2.43. The standard InChI is InChI=1S/C11H12BrFN2O4/c12-7-5-6(1-2-8(7)13)14-11(19)15-9(3-4-16)10(17)18/h1-2,5,9,16H,3-4H2,(H,17,18)(H2,14,15,19)/t9-/m1/s1. The fraction of sp³-hybridized carbons (Fsp3) is 0.273. The van der Waals surface area contributed by atoms with Crippen LogP contribution < -0.4 is 10.6 Å². The van der Waals surface area contributed by atoms with Gasteiger partial charge in [0.2, 0.25) is 0 Å². The van der Waals surface area contributed by atoms with Gasteiger partial charge in [-0.2, -0.15) is 0 Å². The lowest BCUT2D eigenvalue weighted by molar-refractivity contribution is -0.139. The second-order valence-corrected chi connectivity index (χ2v) is 4.48. The highest BCUT2D eigenvalue weighted by Gasteiger charge is 2.19. The summed E-state index contributed by atoms with van der Waals surface area (Å²) in [5, 5.41) is 22.0. The van der Waals surface area contributed by atoms with Crippen molar-refractivity contribution in [2.45, 2.75) is 12.5 Å². The Kier molecular flexibility index (Phi) is 5.71. The zero-order valence-corrected chi connectivity index (χ0v) is 11.3. The monoisotopic (exact) mass is 334 g/mol. The molecule has 0 aromatic heterocycles. The van der Waals surface area contributed by atoms with Crippen molar-refractivity contribution in [1.82, 2.24) is 5.32 Å². The Balaban J connectivity index is 2.63. The molecule has 104 valence electrons. The van der Waals surface area contributed by atoms with E-state index in [9.17, 15) is 14.0 Å². The van der Waals surface area contributed by atoms with Crippen LogP contribution in [0.1, 0.15) is 6.42 Å². The predicted octanol–water partition coefficient (Wildman–Crippen LogP) is 1.55. The van der Waals surface area contributed by atoms with Crippen molar-refractivity contribution >= 4 is 33.6 Å². The Morgan fingerprint density at radius 3 is 2.63 bits per heavy atom. The minimum atomic E-state index is -1.25. The van der Waals surface area contributed by atoms with Crippen LogP contribution >= 0.6 is 15.9 Å². The van der Waals surface area contributed by atoms with Gasteiger partial charge in [0.05, 0.1) is 4.47 Å². The summed E-state index contributed by atoms with van der Waals surface area (Å²) in [4.78, 5) is 22.3. The van der Waals surface area contributed by atoms with Crippen molar-refractivity contribution in [3.05, 3.63) is 28.5 Å². The number of carbonyl (C=O) groups is 2. The summed E-state index contributed by atoms with van der Waals surface area (Å²) < 4.78 is 13.1. The number of anilines is 1. The molecule has 19 heavy (non-hydrogen) atoms. The molecule has 0 aliphatic carbocycles. The number of aliphatic hydroxyl groups is 1. The van der Waals surface area contributed by atoms with Gasteiger partial charge in [-0.1, -0.05) is 0 Å². The minimum Gasteiger partial charge on any atom is -0.480 e. The molecule has 0 saturated heterocycles. The molecule has 0 saturated carbocycles. The summed E-state index contributed by atoms with van der Waals surface area (Å²) in [7, 11) is 0. The summed E-state index contributed by atoms with van der Waals surface area (Å²) in [5.74, 6) is -1.72. The molecule has 0 fully saturated rings. The van der Waals surface area contributed by atoms with Gasteiger partial charge in [0.15, 0.2) is 0 Å². The van der Waals surface area contributed by atoms with Crippen LogP contribution in [0.3, 0.4) is 0 Å². The second kappa shape index (κ2) is 7.05. The molecule has 2 amide bonds. The molecule has 0 heterocycles. The van der Waals surface area contributed by atoms with Crippen molar-refractivity contribution in [1.29, 1.82) is 0 Å². The van der Waals surface area contributed by atoms with Crippen LogP contribution in [0.5, 0.6) is 0 Å². The van der Waals surface area contributed by atoms with Gasteiger partial charge in [-0.25, -0.2) is 14.0 Å². The molecule has 1 aromatic carbocycles. The van der Waals surface area contributed by atoms with E-state index in [2.05, 4.69) is 26.6 Å². The van der Waals surface area contributed by atoms with Gasteiger partial charge in [0.1, 0.15) is 11.9 Å². The van der Waals surface area contributed by atoms with E-state index >= 15 is 0 Å². The van der Waals surface area contributed by atoms with Crippen LogP contribution in [0, 0.1) is 5.82 Å². The zero-order chi connectivity index (χ0) is 14.4. The summed E-state index contributed by atoms with van der Waals surface area (Å²) in [6.45, 7) is -0.362. The Morgan fingerprint density at radius 2 is 2.11 bits per heavy atom. The Bertz CT molecular complexity index is 484. The average Bonchev–Trinajstić information content (AvgIpc) is 2.33. The van der Waals surface area contributed by atoms with E-state index in [1.165, 1.54) is 12.1 Å². The zero-order valence-electron chi connectivity index (χ0n) is 9.69. The molecule has 1 atom stereocenters. The Morgan fingerprint density at radius 1 is 1.42 bits per heavy atom. The molecule has 6 nitrogen and oxygen atoms in total. The number of carboxylic acids is 1. The van der Waals surface area contributed by atoms with Crippen LogP contribution in [0.25, 0.3) is 0 Å². The lowest BCUT2D eigenvalue weighted by Gasteiger charge is -2.14. The molecule has 0 unspecified atom stereocenters. The summed E-state index contributed by atoms with van der Waals surface area (Å²) in [5.41, 5.74) is 0.305. The third-order valence-electron chi connectivity index (χ3n) is 2.20. The maximum absolute atomic E-state index is 13.0. The Hall–Kier alpha value is -1.67. The van der Waals surface area contributed by atoms with Crippen LogP contribution in [-0.4, -0.2) is 34.9 Å². The normalized spacial score (nSPS) is 11.7. The molecule has 8 heteroatoms. The smallest absolute Gasteiger partial charge is 0.326 e. The number of amides is 2. The van der Waals surface area contributed by atoms with E-state index in [-0.39, 0.29) is 17.5 Å². The molecule has 0 aliphatic rings. The first-order chi connectivity index (χ1) is 8.93. The molecule has 0 bridgehead atoms. The highest BCUT2D eigenvalue weighted by Crippen LogP contribution is 2.19. The van der Waals surface area contributed by atoms with Crippen molar-refractivity contribution in [3.63, 3.8) is 0 Å². The van der Waals surface area contributed by atoms with Crippen LogP contribution in [0.4, 0.5) is 14.9 Å². The molecular weight excluding hydrogens is 323 g/mol. The van der Waals surface area contributed by atoms with Crippen molar-refractivity contribution in [3.8, 4) is 0 Å². The SMILES string of the molecule is O=C(Nc1ccc(F)c(Br)c1)N[C@H](CCO)C(=O)O. The summed E-state index contributed by atoms with van der Waals surface area (Å²) in [6.07, 6.45) is -0.101. The topological polar surface area (TPSA) is 98.7 Å². The number of nitrogens with one attached hydrogen (secondary N) is 2. The number of urea groups is 1.